The van der Waals surface area contributed by atoms with E-state index in [9.17, 15) is 15.0 Å². The lowest BCUT2D eigenvalue weighted by atomic mass is 9.77. The van der Waals surface area contributed by atoms with Crippen LogP contribution >= 0.6 is 75.9 Å². The lowest BCUT2D eigenvalue weighted by molar-refractivity contribution is 0.0222. The highest BCUT2D eigenvalue weighted by molar-refractivity contribution is 9.11. The molecule has 2 heterocycles. The van der Waals surface area contributed by atoms with E-state index < -0.39 is 11.6 Å². The largest absolute Gasteiger partial charge is 0.505 e. The number of carbonyl (C=O) groups excluding carboxylic acids is 1. The van der Waals surface area contributed by atoms with Crippen molar-refractivity contribution >= 4 is 92.8 Å². The molecule has 3 aromatic rings. The number of esters is 1. The first-order valence-electron chi connectivity index (χ1n) is 8.77. The Kier molecular flexibility index (Phi) is 5.27. The molecule has 0 radical (unpaired) electrons. The molecule has 2 aliphatic rings. The second-order valence-corrected chi connectivity index (χ2v) is 10.4. The first-order valence-corrected chi connectivity index (χ1v) is 12.3. The highest BCUT2D eigenvalue weighted by atomic mass is 79.9. The van der Waals surface area contributed by atoms with Crippen LogP contribution in [-0.2, 0) is 10.3 Å². The Bertz CT molecular complexity index is 1370. The van der Waals surface area contributed by atoms with Crippen LogP contribution in [-0.4, -0.2) is 21.3 Å². The Labute approximate surface area is 219 Å². The van der Waals surface area contributed by atoms with Crippen molar-refractivity contribution in [1.29, 1.82) is 0 Å². The van der Waals surface area contributed by atoms with E-state index in [4.69, 9.17) is 9.47 Å². The number of carbonyl (C=O) groups is 1. The van der Waals surface area contributed by atoms with Crippen molar-refractivity contribution in [2.45, 2.75) is 5.60 Å². The number of aromatic hydroxyl groups is 2. The van der Waals surface area contributed by atoms with Gasteiger partial charge < -0.3 is 19.7 Å². The number of benzene rings is 3. The van der Waals surface area contributed by atoms with Gasteiger partial charge in [-0.2, -0.15) is 4.99 Å². The molecule has 11 heteroatoms. The number of phenolic OH excluding ortho intramolecular Hbond substituents is 2. The summed E-state index contributed by atoms with van der Waals surface area (Å²) in [4.78, 5) is 17.0. The quantitative estimate of drug-likeness (QED) is 0.156. The zero-order valence-corrected chi connectivity index (χ0v) is 22.5. The van der Waals surface area contributed by atoms with Gasteiger partial charge in [0.15, 0.2) is 17.1 Å². The van der Waals surface area contributed by atoms with Gasteiger partial charge in [-0.3, -0.25) is 0 Å². The number of hydrogen-bond acceptors (Lipinski definition) is 7. The lowest BCUT2D eigenvalue weighted by Crippen LogP contribution is -2.33. The molecule has 2 N–H and O–H groups in total. The molecule has 0 amide bonds. The number of isothiocyanates is 1. The zero-order chi connectivity index (χ0) is 22.9. The predicted molar refractivity (Wildman–Crippen MR) is 134 cm³/mol. The van der Waals surface area contributed by atoms with Crippen LogP contribution in [0.4, 0.5) is 5.69 Å². The van der Waals surface area contributed by atoms with Crippen molar-refractivity contribution in [3.05, 3.63) is 70.5 Å². The van der Waals surface area contributed by atoms with E-state index in [1.807, 2.05) is 0 Å². The highest BCUT2D eigenvalue weighted by Gasteiger charge is 2.55. The van der Waals surface area contributed by atoms with Crippen molar-refractivity contribution in [2.24, 2.45) is 4.99 Å². The van der Waals surface area contributed by atoms with Gasteiger partial charge in [-0.15, -0.1) is 0 Å². The minimum Gasteiger partial charge on any atom is -0.505 e. The summed E-state index contributed by atoms with van der Waals surface area (Å²) in [6, 6.07) is 8.28. The van der Waals surface area contributed by atoms with E-state index >= 15 is 0 Å². The number of nitrogens with zero attached hydrogens (tertiary/aromatic N) is 1. The van der Waals surface area contributed by atoms with Crippen LogP contribution in [0.15, 0.2) is 53.2 Å². The fourth-order valence-corrected chi connectivity index (χ4v) is 6.44. The Morgan fingerprint density at radius 2 is 1.47 bits per heavy atom. The normalized spacial score (nSPS) is 14.7. The molecule has 0 saturated heterocycles. The number of ether oxygens (including phenoxy) is 2. The van der Waals surface area contributed by atoms with Crippen LogP contribution in [0.2, 0.25) is 0 Å². The molecule has 0 bridgehead atoms. The van der Waals surface area contributed by atoms with Crippen molar-refractivity contribution in [1.82, 2.24) is 0 Å². The molecular weight excluding hydrogens is 698 g/mol. The molecule has 32 heavy (non-hydrogen) atoms. The monoisotopic (exact) mass is 701 g/mol. The fraction of sp³-hybridized carbons (Fsp3) is 0.0476. The summed E-state index contributed by atoms with van der Waals surface area (Å²) in [6.07, 6.45) is 0. The third kappa shape index (κ3) is 2.89. The zero-order valence-electron chi connectivity index (χ0n) is 15.4. The summed E-state index contributed by atoms with van der Waals surface area (Å²) >= 11 is 18.1. The Balaban J connectivity index is 1.95. The van der Waals surface area contributed by atoms with Gasteiger partial charge in [0.2, 0.25) is 0 Å². The molecule has 0 fully saturated rings. The molecule has 1 spiro atoms. The second-order valence-electron chi connectivity index (χ2n) is 6.90. The van der Waals surface area contributed by atoms with E-state index in [0.29, 0.717) is 36.9 Å². The minimum absolute atomic E-state index is 0.0879. The number of fused-ring (bicyclic) bond motifs is 6. The second kappa shape index (κ2) is 7.65. The average Bonchev–Trinajstić information content (AvgIpc) is 3.05. The molecule has 6 nitrogen and oxygen atoms in total. The molecular formula is C21H7Br4NO5S. The van der Waals surface area contributed by atoms with Crippen LogP contribution in [0.3, 0.4) is 0 Å². The molecule has 3 aromatic carbocycles. The average molecular weight is 705 g/mol. The van der Waals surface area contributed by atoms with Gasteiger partial charge in [0, 0.05) is 5.56 Å². The highest BCUT2D eigenvalue weighted by Crippen LogP contribution is 2.62. The number of phenols is 2. The third-order valence-corrected chi connectivity index (χ3v) is 8.06. The summed E-state index contributed by atoms with van der Waals surface area (Å²) in [5.41, 5.74) is 0.837. The van der Waals surface area contributed by atoms with Gasteiger partial charge in [0.05, 0.1) is 36.5 Å². The summed E-state index contributed by atoms with van der Waals surface area (Å²) in [6.45, 7) is 0. The van der Waals surface area contributed by atoms with E-state index in [2.05, 4.69) is 86.1 Å². The summed E-state index contributed by atoms with van der Waals surface area (Å²) in [7, 11) is 0. The van der Waals surface area contributed by atoms with Gasteiger partial charge in [0.1, 0.15) is 20.4 Å². The first kappa shape index (κ1) is 22.1. The predicted octanol–water partition coefficient (Wildman–Crippen LogP) is 7.45. The summed E-state index contributed by atoms with van der Waals surface area (Å²) in [5, 5.41) is 23.2. The number of thiocarbonyl (C=S) groups is 1. The van der Waals surface area contributed by atoms with Gasteiger partial charge in [-0.05, 0) is 100 Å². The van der Waals surface area contributed by atoms with Crippen molar-refractivity contribution < 1.29 is 24.5 Å². The van der Waals surface area contributed by atoms with E-state index in [1.54, 1.807) is 30.3 Å². The molecule has 0 unspecified atom stereocenters. The molecule has 2 aliphatic heterocycles. The Morgan fingerprint density at radius 3 is 2.00 bits per heavy atom. The van der Waals surface area contributed by atoms with Crippen molar-refractivity contribution in [3.8, 4) is 23.0 Å². The number of aliphatic imine (C=N–C) groups is 1. The van der Waals surface area contributed by atoms with Gasteiger partial charge in [-0.25, -0.2) is 4.79 Å². The maximum atomic E-state index is 13.1. The van der Waals surface area contributed by atoms with E-state index in [1.165, 1.54) is 0 Å². The maximum Gasteiger partial charge on any atom is 0.340 e. The third-order valence-electron chi connectivity index (χ3n) is 5.28. The van der Waals surface area contributed by atoms with Crippen molar-refractivity contribution in [2.75, 3.05) is 0 Å². The molecule has 0 aliphatic carbocycles. The molecule has 5 rings (SSSR count). The number of halogens is 4. The summed E-state index contributed by atoms with van der Waals surface area (Å²) in [5.74, 6) is -0.268. The molecule has 0 atom stereocenters. The van der Waals surface area contributed by atoms with Crippen LogP contribution < -0.4 is 4.74 Å². The van der Waals surface area contributed by atoms with Crippen molar-refractivity contribution in [3.63, 3.8) is 0 Å². The van der Waals surface area contributed by atoms with Gasteiger partial charge >= 0.3 is 5.97 Å². The smallest absolute Gasteiger partial charge is 0.340 e. The van der Waals surface area contributed by atoms with Crippen LogP contribution in [0.1, 0.15) is 27.0 Å². The Hall–Kier alpha value is -1.75. The number of hydrogen-bond donors (Lipinski definition) is 2. The molecule has 0 saturated carbocycles. The lowest BCUT2D eigenvalue weighted by Gasteiger charge is -2.37. The maximum absolute atomic E-state index is 13.1. The van der Waals surface area contributed by atoms with Crippen LogP contribution in [0.25, 0.3) is 0 Å². The van der Waals surface area contributed by atoms with E-state index in [0.717, 1.165) is 0 Å². The van der Waals surface area contributed by atoms with Gasteiger partial charge in [0.25, 0.3) is 0 Å². The molecule has 0 aromatic heterocycles. The van der Waals surface area contributed by atoms with Crippen LogP contribution in [0.5, 0.6) is 23.0 Å². The van der Waals surface area contributed by atoms with E-state index in [-0.39, 0.29) is 31.9 Å². The number of rotatable bonds is 1. The minimum atomic E-state index is -1.42. The molecule has 160 valence electrons. The Morgan fingerprint density at radius 1 is 0.906 bits per heavy atom. The van der Waals surface area contributed by atoms with Gasteiger partial charge in [-0.1, -0.05) is 6.07 Å². The van der Waals surface area contributed by atoms with Crippen LogP contribution in [0, 0.1) is 0 Å². The standard InChI is InChI=1S/C21H7Br4NO5S/c22-12-4-10-18(14(24)16(12)27)30-19-11(5-13(23)17(28)15(19)25)21(10)9-2-1-7(26-6-32)3-8(9)20(29)31-21/h1-5,27-28H. The fourth-order valence-electron chi connectivity index (χ4n) is 3.93. The summed E-state index contributed by atoms with van der Waals surface area (Å²) < 4.78 is 13.5. The topological polar surface area (TPSA) is 88.4 Å². The SMILES string of the molecule is O=C1OC2(c3ccc(N=C=S)cc31)c1cc(Br)c(O)c(Br)c1Oc1c2cc(Br)c(O)c1Br. The first-order chi connectivity index (χ1) is 15.2.